The number of carbonyl (C=O) groups excluding carboxylic acids is 1. The van der Waals surface area contributed by atoms with E-state index in [9.17, 15) is 4.79 Å². The molecular weight excluding hydrogens is 348 g/mol. The standard InChI is InChI=1S/C16H23BrN2OS/c1-18-12-13-6-9-19(10-7-13)16(20)8-11-21-15-5-3-2-4-14(15)17/h2-5,13,18H,6-12H2,1H3. The fraction of sp³-hybridized carbons (Fsp3) is 0.562. The predicted octanol–water partition coefficient (Wildman–Crippen LogP) is 3.39. The van der Waals surface area contributed by atoms with Gasteiger partial charge in [-0.15, -0.1) is 11.8 Å². The Balaban J connectivity index is 1.70. The number of halogens is 1. The van der Waals surface area contributed by atoms with Crippen molar-refractivity contribution in [1.82, 2.24) is 10.2 Å². The van der Waals surface area contributed by atoms with E-state index in [1.165, 1.54) is 4.90 Å². The highest BCUT2D eigenvalue weighted by molar-refractivity contribution is 9.10. The average molecular weight is 371 g/mol. The summed E-state index contributed by atoms with van der Waals surface area (Å²) in [7, 11) is 2.00. The van der Waals surface area contributed by atoms with E-state index >= 15 is 0 Å². The number of carbonyl (C=O) groups is 1. The first-order chi connectivity index (χ1) is 10.2. The smallest absolute Gasteiger partial charge is 0.223 e. The predicted molar refractivity (Wildman–Crippen MR) is 92.7 cm³/mol. The van der Waals surface area contributed by atoms with Crippen LogP contribution in [0.25, 0.3) is 0 Å². The molecule has 0 radical (unpaired) electrons. The van der Waals surface area contributed by atoms with Gasteiger partial charge in [-0.25, -0.2) is 0 Å². The molecule has 1 aromatic rings. The van der Waals surface area contributed by atoms with E-state index in [2.05, 4.69) is 27.3 Å². The van der Waals surface area contributed by atoms with Gasteiger partial charge < -0.3 is 10.2 Å². The van der Waals surface area contributed by atoms with Crippen molar-refractivity contribution in [2.24, 2.45) is 5.92 Å². The Morgan fingerprint density at radius 1 is 1.38 bits per heavy atom. The van der Waals surface area contributed by atoms with Crippen LogP contribution in [0.2, 0.25) is 0 Å². The van der Waals surface area contributed by atoms with Crippen molar-refractivity contribution in [2.75, 3.05) is 32.4 Å². The fourth-order valence-electron chi connectivity index (χ4n) is 2.64. The van der Waals surface area contributed by atoms with Crippen molar-refractivity contribution >= 4 is 33.6 Å². The Morgan fingerprint density at radius 2 is 2.10 bits per heavy atom. The lowest BCUT2D eigenvalue weighted by Gasteiger charge is -2.32. The summed E-state index contributed by atoms with van der Waals surface area (Å²) in [5.74, 6) is 1.88. The van der Waals surface area contributed by atoms with Crippen molar-refractivity contribution in [2.45, 2.75) is 24.2 Å². The van der Waals surface area contributed by atoms with Crippen LogP contribution < -0.4 is 5.32 Å². The van der Waals surface area contributed by atoms with Crippen molar-refractivity contribution in [1.29, 1.82) is 0 Å². The molecule has 21 heavy (non-hydrogen) atoms. The van der Waals surface area contributed by atoms with Gasteiger partial charge in [-0.3, -0.25) is 4.79 Å². The van der Waals surface area contributed by atoms with Crippen molar-refractivity contribution in [3.05, 3.63) is 28.7 Å². The number of thioether (sulfide) groups is 1. The zero-order valence-electron chi connectivity index (χ0n) is 12.5. The highest BCUT2D eigenvalue weighted by Gasteiger charge is 2.21. The van der Waals surface area contributed by atoms with Gasteiger partial charge in [0.1, 0.15) is 0 Å². The number of piperidine rings is 1. The monoisotopic (exact) mass is 370 g/mol. The Bertz CT molecular complexity index is 461. The molecule has 2 rings (SSSR count). The van der Waals surface area contributed by atoms with Crippen LogP contribution in [0.5, 0.6) is 0 Å². The van der Waals surface area contributed by atoms with E-state index < -0.39 is 0 Å². The number of benzene rings is 1. The van der Waals surface area contributed by atoms with Gasteiger partial charge in [-0.1, -0.05) is 12.1 Å². The molecule has 3 nitrogen and oxygen atoms in total. The topological polar surface area (TPSA) is 32.3 Å². The quantitative estimate of drug-likeness (QED) is 0.778. The van der Waals surface area contributed by atoms with Crippen LogP contribution in [0, 0.1) is 5.92 Å². The van der Waals surface area contributed by atoms with E-state index in [1.807, 2.05) is 30.1 Å². The Kier molecular flexibility index (Phi) is 7.07. The lowest BCUT2D eigenvalue weighted by atomic mass is 9.97. The maximum atomic E-state index is 12.2. The third-order valence-electron chi connectivity index (χ3n) is 3.87. The maximum absolute atomic E-state index is 12.2. The van der Waals surface area contributed by atoms with Gasteiger partial charge in [0.25, 0.3) is 0 Å². The number of rotatable bonds is 6. The number of nitrogens with zero attached hydrogens (tertiary/aromatic N) is 1. The average Bonchev–Trinajstić information content (AvgIpc) is 2.50. The van der Waals surface area contributed by atoms with Crippen molar-refractivity contribution in [3.8, 4) is 0 Å². The largest absolute Gasteiger partial charge is 0.343 e. The summed E-state index contributed by atoms with van der Waals surface area (Å²) < 4.78 is 1.11. The molecule has 1 aliphatic rings. The molecule has 1 aliphatic heterocycles. The van der Waals surface area contributed by atoms with Crippen LogP contribution in [0.4, 0.5) is 0 Å². The molecule has 1 fully saturated rings. The maximum Gasteiger partial charge on any atom is 0.223 e. The first kappa shape index (κ1) is 16.8. The van der Waals surface area contributed by atoms with E-state index in [4.69, 9.17) is 0 Å². The molecule has 0 saturated carbocycles. The second-order valence-corrected chi connectivity index (χ2v) is 7.40. The molecule has 1 aromatic carbocycles. The van der Waals surface area contributed by atoms with Gasteiger partial charge >= 0.3 is 0 Å². The molecule has 0 unspecified atom stereocenters. The lowest BCUT2D eigenvalue weighted by molar-refractivity contribution is -0.132. The molecule has 116 valence electrons. The zero-order valence-corrected chi connectivity index (χ0v) is 14.9. The third-order valence-corrected chi connectivity index (χ3v) is 5.90. The van der Waals surface area contributed by atoms with Gasteiger partial charge in [-0.2, -0.15) is 0 Å². The minimum Gasteiger partial charge on any atom is -0.343 e. The second-order valence-electron chi connectivity index (χ2n) is 5.41. The number of likely N-dealkylation sites (tertiary alicyclic amines) is 1. The fourth-order valence-corrected chi connectivity index (χ4v) is 4.15. The molecule has 1 saturated heterocycles. The van der Waals surface area contributed by atoms with E-state index in [0.29, 0.717) is 12.3 Å². The molecule has 1 amide bonds. The molecule has 1 N–H and O–H groups in total. The van der Waals surface area contributed by atoms with Crippen LogP contribution >= 0.6 is 27.7 Å². The summed E-state index contributed by atoms with van der Waals surface area (Å²) in [4.78, 5) is 15.5. The Labute approximate surface area is 140 Å². The number of hydrogen-bond acceptors (Lipinski definition) is 3. The molecular formula is C16H23BrN2OS. The zero-order chi connectivity index (χ0) is 15.1. The molecule has 0 aliphatic carbocycles. The molecule has 0 aromatic heterocycles. The first-order valence-electron chi connectivity index (χ1n) is 7.50. The summed E-state index contributed by atoms with van der Waals surface area (Å²) in [5.41, 5.74) is 0. The van der Waals surface area contributed by atoms with E-state index in [1.54, 1.807) is 11.8 Å². The van der Waals surface area contributed by atoms with Crippen LogP contribution in [0.3, 0.4) is 0 Å². The van der Waals surface area contributed by atoms with Gasteiger partial charge in [0.15, 0.2) is 0 Å². The van der Waals surface area contributed by atoms with Gasteiger partial charge in [0.05, 0.1) is 0 Å². The third kappa shape index (κ3) is 5.31. The van der Waals surface area contributed by atoms with Crippen LogP contribution in [0.1, 0.15) is 19.3 Å². The number of hydrogen-bond donors (Lipinski definition) is 1. The Morgan fingerprint density at radius 3 is 2.76 bits per heavy atom. The van der Waals surface area contributed by atoms with E-state index in [0.717, 1.165) is 48.6 Å². The normalized spacial score (nSPS) is 16.2. The minimum atomic E-state index is 0.303. The van der Waals surface area contributed by atoms with Gasteiger partial charge in [0, 0.05) is 34.6 Å². The highest BCUT2D eigenvalue weighted by Crippen LogP contribution is 2.27. The van der Waals surface area contributed by atoms with Gasteiger partial charge in [0.2, 0.25) is 5.91 Å². The molecule has 5 heteroatoms. The minimum absolute atomic E-state index is 0.303. The molecule has 0 bridgehead atoms. The van der Waals surface area contributed by atoms with Gasteiger partial charge in [-0.05, 0) is 60.4 Å². The summed E-state index contributed by atoms with van der Waals surface area (Å²) in [6, 6.07) is 8.16. The van der Waals surface area contributed by atoms with Crippen molar-refractivity contribution in [3.63, 3.8) is 0 Å². The summed E-state index contributed by atoms with van der Waals surface area (Å²) in [6.45, 7) is 2.91. The Hall–Kier alpha value is -0.520. The SMILES string of the molecule is CNCC1CCN(C(=O)CCSc2ccccc2Br)CC1. The first-order valence-corrected chi connectivity index (χ1v) is 9.28. The highest BCUT2D eigenvalue weighted by atomic mass is 79.9. The van der Waals surface area contributed by atoms with E-state index in [-0.39, 0.29) is 0 Å². The number of amides is 1. The van der Waals surface area contributed by atoms with Crippen molar-refractivity contribution < 1.29 is 4.79 Å². The summed E-state index contributed by atoms with van der Waals surface area (Å²) in [6.07, 6.45) is 2.89. The second kappa shape index (κ2) is 8.81. The number of nitrogens with one attached hydrogen (secondary N) is 1. The van der Waals surface area contributed by atoms with Crippen LogP contribution in [-0.2, 0) is 4.79 Å². The molecule has 0 spiro atoms. The summed E-state index contributed by atoms with van der Waals surface area (Å²) >= 11 is 5.28. The van der Waals surface area contributed by atoms with Crippen LogP contribution in [0.15, 0.2) is 33.6 Å². The van der Waals surface area contributed by atoms with Crippen LogP contribution in [-0.4, -0.2) is 43.2 Å². The molecule has 0 atom stereocenters. The lowest BCUT2D eigenvalue weighted by Crippen LogP contribution is -2.40. The summed E-state index contributed by atoms with van der Waals surface area (Å²) in [5, 5.41) is 3.23. The molecule has 1 heterocycles.